The van der Waals surface area contributed by atoms with Crippen LogP contribution in [-0.2, 0) is 18.3 Å². The minimum absolute atomic E-state index is 0.0778. The first-order valence-corrected chi connectivity index (χ1v) is 25.3. The third-order valence-corrected chi connectivity index (χ3v) is 15.3. The van der Waals surface area contributed by atoms with Crippen molar-refractivity contribution in [1.82, 2.24) is 9.97 Å². The topological polar surface area (TPSA) is 25.8 Å². The van der Waals surface area contributed by atoms with Gasteiger partial charge in [-0.3, -0.25) is 0 Å². The van der Waals surface area contributed by atoms with Crippen molar-refractivity contribution in [1.29, 1.82) is 0 Å². The molecule has 0 amide bonds. The van der Waals surface area contributed by atoms with Gasteiger partial charge in [-0.15, -0.1) is 22.7 Å². The number of fused-ring (bicyclic) bond motifs is 4. The summed E-state index contributed by atoms with van der Waals surface area (Å²) >= 11 is 3.79. The van der Waals surface area contributed by atoms with Gasteiger partial charge in [0, 0.05) is 36.1 Å². The Morgan fingerprint density at radius 1 is 0.441 bits per heavy atom. The van der Waals surface area contributed by atoms with E-state index in [0.29, 0.717) is 0 Å². The third kappa shape index (κ3) is 9.81. The number of benzene rings is 3. The lowest BCUT2D eigenvalue weighted by atomic mass is 9.70. The first-order chi connectivity index (χ1) is 28.9. The number of rotatable bonds is 23. The van der Waals surface area contributed by atoms with Gasteiger partial charge in [-0.2, -0.15) is 0 Å². The fourth-order valence-electron chi connectivity index (χ4n) is 9.75. The summed E-state index contributed by atoms with van der Waals surface area (Å²) in [6.07, 6.45) is 25.2. The van der Waals surface area contributed by atoms with E-state index in [0.717, 1.165) is 49.6 Å². The normalized spacial score (nSPS) is 13.1. The molecular weight excluding hydrogens is 753 g/mol. The molecule has 0 N–H and O–H groups in total. The highest BCUT2D eigenvalue weighted by molar-refractivity contribution is 7.19. The molecule has 1 aliphatic carbocycles. The molecule has 0 atom stereocenters. The van der Waals surface area contributed by atoms with Gasteiger partial charge in [0.15, 0.2) is 0 Å². The van der Waals surface area contributed by atoms with Gasteiger partial charge in [-0.1, -0.05) is 166 Å². The highest BCUT2D eigenvalue weighted by Crippen LogP contribution is 2.55. The van der Waals surface area contributed by atoms with Gasteiger partial charge in [-0.25, -0.2) is 9.97 Å². The first-order valence-electron chi connectivity index (χ1n) is 23.7. The maximum atomic E-state index is 5.57. The number of aromatic nitrogens is 2. The number of hydrogen-bond donors (Lipinski definition) is 0. The Bertz CT molecular complexity index is 2270. The van der Waals surface area contributed by atoms with Crippen LogP contribution in [0.2, 0.25) is 0 Å². The van der Waals surface area contributed by atoms with Crippen molar-refractivity contribution in [3.05, 3.63) is 106 Å². The molecule has 7 rings (SSSR count). The lowest BCUT2D eigenvalue weighted by molar-refractivity contribution is 0.398. The summed E-state index contributed by atoms with van der Waals surface area (Å²) in [5, 5.41) is 0. The highest BCUT2D eigenvalue weighted by Gasteiger charge is 2.42. The molecule has 4 heteroatoms. The maximum absolute atomic E-state index is 5.57. The molecule has 6 aromatic rings. The van der Waals surface area contributed by atoms with Crippen molar-refractivity contribution in [3.63, 3.8) is 0 Å². The molecule has 312 valence electrons. The van der Waals surface area contributed by atoms with Gasteiger partial charge in [0.1, 0.15) is 0 Å². The molecule has 3 heterocycles. The van der Waals surface area contributed by atoms with Crippen LogP contribution in [0.3, 0.4) is 0 Å². The first kappa shape index (κ1) is 43.5. The van der Waals surface area contributed by atoms with E-state index in [1.165, 1.54) is 154 Å². The largest absolute Gasteiger partial charge is 0.249 e. The number of nitrogens with zero attached hydrogens (tertiary/aromatic N) is 2. The molecular formula is C55H70N2S2. The Morgan fingerprint density at radius 3 is 1.47 bits per heavy atom. The lowest BCUT2D eigenvalue weighted by Crippen LogP contribution is -2.25. The number of thiophene rings is 2. The summed E-state index contributed by atoms with van der Waals surface area (Å²) < 4.78 is 0. The second-order valence-corrected chi connectivity index (χ2v) is 20.1. The smallest absolute Gasteiger partial charge is 0.0983 e. The summed E-state index contributed by atoms with van der Waals surface area (Å²) in [6, 6.07) is 28.7. The summed E-state index contributed by atoms with van der Waals surface area (Å²) in [4.78, 5) is 16.3. The highest BCUT2D eigenvalue weighted by atomic mass is 32.1. The van der Waals surface area contributed by atoms with E-state index < -0.39 is 0 Å². The fourth-order valence-corrected chi connectivity index (χ4v) is 11.7. The van der Waals surface area contributed by atoms with Crippen LogP contribution in [0.5, 0.6) is 0 Å². The quantitative estimate of drug-likeness (QED) is 0.0602. The van der Waals surface area contributed by atoms with E-state index in [1.54, 1.807) is 11.1 Å². The average Bonchev–Trinajstić information content (AvgIpc) is 3.98. The molecule has 3 aromatic heterocycles. The molecule has 0 radical (unpaired) electrons. The molecule has 2 nitrogen and oxygen atoms in total. The number of unbranched alkanes of at least 4 members (excludes halogenated alkanes) is 12. The molecule has 0 aliphatic heterocycles. The summed E-state index contributed by atoms with van der Waals surface area (Å²) in [7, 11) is 0. The van der Waals surface area contributed by atoms with Crippen LogP contribution in [0, 0.1) is 13.8 Å². The van der Waals surface area contributed by atoms with Gasteiger partial charge < -0.3 is 0 Å². The monoisotopic (exact) mass is 822 g/mol. The van der Waals surface area contributed by atoms with Crippen LogP contribution >= 0.6 is 22.7 Å². The Balaban J connectivity index is 1.29. The Morgan fingerprint density at radius 2 is 0.915 bits per heavy atom. The minimum atomic E-state index is 0.0778. The molecule has 0 bridgehead atoms. The second-order valence-electron chi connectivity index (χ2n) is 17.7. The van der Waals surface area contributed by atoms with Crippen LogP contribution < -0.4 is 0 Å². The summed E-state index contributed by atoms with van der Waals surface area (Å²) in [5.74, 6) is 0. The van der Waals surface area contributed by atoms with Crippen molar-refractivity contribution in [2.24, 2.45) is 0 Å². The zero-order valence-electron chi connectivity index (χ0n) is 37.3. The van der Waals surface area contributed by atoms with Gasteiger partial charge in [-0.05, 0) is 111 Å². The van der Waals surface area contributed by atoms with Crippen molar-refractivity contribution in [2.45, 2.75) is 175 Å². The van der Waals surface area contributed by atoms with Gasteiger partial charge >= 0.3 is 0 Å². The van der Waals surface area contributed by atoms with E-state index >= 15 is 0 Å². The van der Waals surface area contributed by atoms with Crippen LogP contribution in [0.1, 0.15) is 176 Å². The van der Waals surface area contributed by atoms with Crippen LogP contribution in [0.25, 0.3) is 53.5 Å². The molecule has 0 fully saturated rings. The molecule has 59 heavy (non-hydrogen) atoms. The molecule has 3 aromatic carbocycles. The lowest BCUT2D eigenvalue weighted by Gasteiger charge is -2.33. The van der Waals surface area contributed by atoms with Crippen LogP contribution in [-0.4, -0.2) is 9.97 Å². The predicted molar refractivity (Wildman–Crippen MR) is 260 cm³/mol. The molecule has 1 aliphatic rings. The number of aryl methyl sites for hydroxylation is 4. The molecule has 0 saturated carbocycles. The fraction of sp³-hybridized carbons (Fsp3) is 0.491. The maximum Gasteiger partial charge on any atom is 0.0983 e. The second kappa shape index (κ2) is 20.8. The summed E-state index contributed by atoms with van der Waals surface area (Å²) in [5.41, 5.74) is 15.9. The van der Waals surface area contributed by atoms with Crippen LogP contribution in [0.15, 0.2) is 72.8 Å². The van der Waals surface area contributed by atoms with Crippen molar-refractivity contribution < 1.29 is 0 Å². The predicted octanol–water partition coefficient (Wildman–Crippen LogP) is 17.8. The van der Waals surface area contributed by atoms with E-state index in [2.05, 4.69) is 114 Å². The summed E-state index contributed by atoms with van der Waals surface area (Å²) in [6.45, 7) is 13.7. The van der Waals surface area contributed by atoms with Gasteiger partial charge in [0.2, 0.25) is 0 Å². The van der Waals surface area contributed by atoms with E-state index in [-0.39, 0.29) is 5.41 Å². The minimum Gasteiger partial charge on any atom is -0.249 e. The van der Waals surface area contributed by atoms with Crippen molar-refractivity contribution >= 4 is 33.7 Å². The van der Waals surface area contributed by atoms with Crippen molar-refractivity contribution in [2.75, 3.05) is 0 Å². The third-order valence-electron chi connectivity index (χ3n) is 13.1. The number of hydrogen-bond acceptors (Lipinski definition) is 4. The van der Waals surface area contributed by atoms with Gasteiger partial charge in [0.05, 0.1) is 22.4 Å². The van der Waals surface area contributed by atoms with Crippen molar-refractivity contribution in [3.8, 4) is 42.4 Å². The van der Waals surface area contributed by atoms with Gasteiger partial charge in [0.25, 0.3) is 0 Å². The standard InChI is InChI=1S/C55H70N2S2/c1-7-11-15-17-19-21-35-55(36-22-20-18-16-12-8-2)46-37-39(5)25-28-42(46)43-29-27-41(38-47(43)55)50-33-34-52(59-50)45-31-30-44(51-32-26-40(6)58-51)53-54(45)57-49(24-14-10-4)48(56-53)23-13-9-3/h25-34,37-38H,7-24,35-36H2,1-6H3. The molecule has 0 unspecified atom stereocenters. The Hall–Kier alpha value is -3.60. The average molecular weight is 823 g/mol. The zero-order valence-corrected chi connectivity index (χ0v) is 38.9. The SMILES string of the molecule is CCCCCCCCC1(CCCCCCCC)c2cc(C)ccc2-c2ccc(-c3ccc(-c4ccc(-c5ccc(C)s5)c5nc(CCCC)c(CCCC)nc45)s3)cc21. The molecule has 0 saturated heterocycles. The van der Waals surface area contributed by atoms with Crippen LogP contribution in [0.4, 0.5) is 0 Å². The Kier molecular flexibility index (Phi) is 15.3. The van der Waals surface area contributed by atoms with E-state index in [1.807, 2.05) is 22.7 Å². The molecule has 0 spiro atoms. The zero-order chi connectivity index (χ0) is 41.2. The van der Waals surface area contributed by atoms with E-state index in [4.69, 9.17) is 9.97 Å². The Labute approximate surface area is 365 Å². The van der Waals surface area contributed by atoms with E-state index in [9.17, 15) is 0 Å².